The molecule has 2 aromatic carbocycles. The standard InChI is InChI=1S/C14H12ClFN2O/c15-10-3-1-2-9(6-10)7-14(19)18-11-4-5-13(17)12(16)8-11/h1-6,8H,7,17H2,(H,18,19). The Hall–Kier alpha value is -2.07. The molecule has 0 fully saturated rings. The molecule has 19 heavy (non-hydrogen) atoms. The van der Waals surface area contributed by atoms with Gasteiger partial charge in [0.2, 0.25) is 5.91 Å². The van der Waals surface area contributed by atoms with Crippen molar-refractivity contribution in [1.82, 2.24) is 0 Å². The molecule has 0 aromatic heterocycles. The van der Waals surface area contributed by atoms with Gasteiger partial charge in [0.05, 0.1) is 12.1 Å². The molecule has 3 N–H and O–H groups in total. The summed E-state index contributed by atoms with van der Waals surface area (Å²) < 4.78 is 13.2. The van der Waals surface area contributed by atoms with Gasteiger partial charge < -0.3 is 11.1 Å². The maximum Gasteiger partial charge on any atom is 0.228 e. The van der Waals surface area contributed by atoms with Crippen LogP contribution in [0.15, 0.2) is 42.5 Å². The number of nitrogen functional groups attached to an aromatic ring is 1. The second-order valence-electron chi connectivity index (χ2n) is 4.09. The summed E-state index contributed by atoms with van der Waals surface area (Å²) in [6, 6.07) is 11.2. The number of hydrogen-bond acceptors (Lipinski definition) is 2. The molecule has 1 amide bonds. The lowest BCUT2D eigenvalue weighted by Gasteiger charge is -2.06. The highest BCUT2D eigenvalue weighted by Crippen LogP contribution is 2.16. The van der Waals surface area contributed by atoms with E-state index in [1.54, 1.807) is 30.3 Å². The van der Waals surface area contributed by atoms with E-state index in [-0.39, 0.29) is 18.0 Å². The molecule has 0 heterocycles. The average Bonchev–Trinajstić information content (AvgIpc) is 2.34. The van der Waals surface area contributed by atoms with Crippen LogP contribution in [0.2, 0.25) is 5.02 Å². The minimum atomic E-state index is -0.555. The van der Waals surface area contributed by atoms with E-state index < -0.39 is 5.82 Å². The first-order valence-electron chi connectivity index (χ1n) is 5.64. The summed E-state index contributed by atoms with van der Waals surface area (Å²) in [4.78, 5) is 11.8. The lowest BCUT2D eigenvalue weighted by atomic mass is 10.1. The van der Waals surface area contributed by atoms with Crippen molar-refractivity contribution < 1.29 is 9.18 Å². The van der Waals surface area contributed by atoms with Gasteiger partial charge in [-0.3, -0.25) is 4.79 Å². The molecule has 5 heteroatoms. The van der Waals surface area contributed by atoms with Crippen molar-refractivity contribution in [3.63, 3.8) is 0 Å². The van der Waals surface area contributed by atoms with Crippen LogP contribution in [0.5, 0.6) is 0 Å². The van der Waals surface area contributed by atoms with Crippen molar-refractivity contribution >= 4 is 28.9 Å². The Bertz CT molecular complexity index is 616. The second-order valence-corrected chi connectivity index (χ2v) is 4.53. The number of hydrogen-bond donors (Lipinski definition) is 2. The Balaban J connectivity index is 2.03. The van der Waals surface area contributed by atoms with Crippen molar-refractivity contribution in [1.29, 1.82) is 0 Å². The first-order valence-corrected chi connectivity index (χ1v) is 6.02. The van der Waals surface area contributed by atoms with E-state index in [9.17, 15) is 9.18 Å². The van der Waals surface area contributed by atoms with Crippen molar-refractivity contribution in [2.45, 2.75) is 6.42 Å². The summed E-state index contributed by atoms with van der Waals surface area (Å²) in [5.74, 6) is -0.799. The number of carbonyl (C=O) groups is 1. The van der Waals surface area contributed by atoms with Crippen LogP contribution in [-0.4, -0.2) is 5.91 Å². The molecule has 0 aliphatic heterocycles. The van der Waals surface area contributed by atoms with Gasteiger partial charge in [-0.05, 0) is 35.9 Å². The van der Waals surface area contributed by atoms with Gasteiger partial charge in [-0.15, -0.1) is 0 Å². The molecule has 3 nitrogen and oxygen atoms in total. The molecular weight excluding hydrogens is 267 g/mol. The Kier molecular flexibility index (Phi) is 4.02. The Morgan fingerprint density at radius 3 is 2.74 bits per heavy atom. The first kappa shape index (κ1) is 13.4. The molecule has 2 aromatic rings. The monoisotopic (exact) mass is 278 g/mol. The molecule has 0 aliphatic carbocycles. The molecule has 0 bridgehead atoms. The smallest absolute Gasteiger partial charge is 0.228 e. The van der Waals surface area contributed by atoms with Crippen LogP contribution in [0, 0.1) is 5.82 Å². The van der Waals surface area contributed by atoms with Crippen LogP contribution < -0.4 is 11.1 Å². The van der Waals surface area contributed by atoms with Crippen LogP contribution >= 0.6 is 11.6 Å². The maximum atomic E-state index is 13.2. The van der Waals surface area contributed by atoms with Crippen LogP contribution in [0.3, 0.4) is 0 Å². The quantitative estimate of drug-likeness (QED) is 0.847. The molecular formula is C14H12ClFN2O. The third-order valence-electron chi connectivity index (χ3n) is 2.54. The van der Waals surface area contributed by atoms with Gasteiger partial charge >= 0.3 is 0 Å². The molecule has 0 aliphatic rings. The van der Waals surface area contributed by atoms with Gasteiger partial charge in [-0.25, -0.2) is 4.39 Å². The van der Waals surface area contributed by atoms with Gasteiger partial charge in [0, 0.05) is 10.7 Å². The molecule has 2 rings (SSSR count). The van der Waals surface area contributed by atoms with Crippen LogP contribution in [0.25, 0.3) is 0 Å². The SMILES string of the molecule is Nc1ccc(NC(=O)Cc2cccc(Cl)c2)cc1F. The lowest BCUT2D eigenvalue weighted by Crippen LogP contribution is -2.14. The highest BCUT2D eigenvalue weighted by Gasteiger charge is 2.06. The number of nitrogens with two attached hydrogens (primary N) is 1. The zero-order chi connectivity index (χ0) is 13.8. The predicted octanol–water partition coefficient (Wildman–Crippen LogP) is 3.24. The number of benzene rings is 2. The number of anilines is 2. The maximum absolute atomic E-state index is 13.2. The van der Waals surface area contributed by atoms with Crippen LogP contribution in [0.1, 0.15) is 5.56 Å². The topological polar surface area (TPSA) is 55.1 Å². The molecule has 0 radical (unpaired) electrons. The Morgan fingerprint density at radius 2 is 2.05 bits per heavy atom. The lowest BCUT2D eigenvalue weighted by molar-refractivity contribution is -0.115. The van der Waals surface area contributed by atoms with Crippen molar-refractivity contribution in [3.05, 3.63) is 58.9 Å². The van der Waals surface area contributed by atoms with E-state index in [2.05, 4.69) is 5.32 Å². The van der Waals surface area contributed by atoms with E-state index in [4.69, 9.17) is 17.3 Å². The van der Waals surface area contributed by atoms with Crippen molar-refractivity contribution in [2.24, 2.45) is 0 Å². The fourth-order valence-corrected chi connectivity index (χ4v) is 1.86. The van der Waals surface area contributed by atoms with Crippen molar-refractivity contribution in [3.8, 4) is 0 Å². The molecule has 98 valence electrons. The highest BCUT2D eigenvalue weighted by atomic mass is 35.5. The Labute approximate surface area is 115 Å². The molecule has 0 spiro atoms. The molecule has 0 saturated carbocycles. The number of nitrogens with one attached hydrogen (secondary N) is 1. The zero-order valence-electron chi connectivity index (χ0n) is 9.99. The van der Waals surface area contributed by atoms with E-state index in [1.165, 1.54) is 12.1 Å². The summed E-state index contributed by atoms with van der Waals surface area (Å²) in [6.07, 6.45) is 0.173. The van der Waals surface area contributed by atoms with Crippen LogP contribution in [-0.2, 0) is 11.2 Å². The van der Waals surface area contributed by atoms with Crippen molar-refractivity contribution in [2.75, 3.05) is 11.1 Å². The number of amides is 1. The van der Waals surface area contributed by atoms with Crippen LogP contribution in [0.4, 0.5) is 15.8 Å². The van der Waals surface area contributed by atoms with Gasteiger partial charge in [0.1, 0.15) is 5.82 Å². The van der Waals surface area contributed by atoms with E-state index >= 15 is 0 Å². The molecule has 0 atom stereocenters. The van der Waals surface area contributed by atoms with Gasteiger partial charge in [0.25, 0.3) is 0 Å². The molecule has 0 saturated heterocycles. The van der Waals surface area contributed by atoms with Gasteiger partial charge in [-0.2, -0.15) is 0 Å². The van der Waals surface area contributed by atoms with E-state index in [0.29, 0.717) is 10.7 Å². The second kappa shape index (κ2) is 5.71. The normalized spacial score (nSPS) is 10.2. The zero-order valence-corrected chi connectivity index (χ0v) is 10.7. The largest absolute Gasteiger partial charge is 0.396 e. The minimum Gasteiger partial charge on any atom is -0.396 e. The number of halogens is 2. The van der Waals surface area contributed by atoms with E-state index in [0.717, 1.165) is 5.56 Å². The predicted molar refractivity (Wildman–Crippen MR) is 74.6 cm³/mol. The number of carbonyl (C=O) groups excluding carboxylic acids is 1. The van der Waals surface area contributed by atoms with Gasteiger partial charge in [0.15, 0.2) is 0 Å². The fourth-order valence-electron chi connectivity index (χ4n) is 1.64. The number of rotatable bonds is 3. The third-order valence-corrected chi connectivity index (χ3v) is 2.77. The summed E-state index contributed by atoms with van der Waals surface area (Å²) in [6.45, 7) is 0. The summed E-state index contributed by atoms with van der Waals surface area (Å²) in [5.41, 5.74) is 6.57. The summed E-state index contributed by atoms with van der Waals surface area (Å²) in [5, 5.41) is 3.17. The van der Waals surface area contributed by atoms with Gasteiger partial charge in [-0.1, -0.05) is 23.7 Å². The Morgan fingerprint density at radius 1 is 1.26 bits per heavy atom. The van der Waals surface area contributed by atoms with E-state index in [1.807, 2.05) is 0 Å². The highest BCUT2D eigenvalue weighted by molar-refractivity contribution is 6.30. The molecule has 0 unspecified atom stereocenters. The summed E-state index contributed by atoms with van der Waals surface area (Å²) in [7, 11) is 0. The fraction of sp³-hybridized carbons (Fsp3) is 0.0714. The third kappa shape index (κ3) is 3.69. The summed E-state index contributed by atoms with van der Waals surface area (Å²) >= 11 is 5.83. The average molecular weight is 279 g/mol. The first-order chi connectivity index (χ1) is 9.04. The minimum absolute atomic E-state index is 0.0489.